The van der Waals surface area contributed by atoms with Gasteiger partial charge in [0.15, 0.2) is 0 Å². The van der Waals surface area contributed by atoms with Crippen molar-refractivity contribution < 1.29 is 4.79 Å². The lowest BCUT2D eigenvalue weighted by molar-refractivity contribution is -0.122. The second-order valence-electron chi connectivity index (χ2n) is 5.91. The summed E-state index contributed by atoms with van der Waals surface area (Å²) in [6.07, 6.45) is 8.08. The van der Waals surface area contributed by atoms with Crippen LogP contribution >= 0.6 is 0 Å². The summed E-state index contributed by atoms with van der Waals surface area (Å²) < 4.78 is 2.04. The molecule has 1 aliphatic rings. The molecule has 1 N–H and O–H groups in total. The zero-order chi connectivity index (χ0) is 13.9. The Morgan fingerprint density at radius 1 is 1.25 bits per heavy atom. The molecule has 0 radical (unpaired) electrons. The van der Waals surface area contributed by atoms with Crippen LogP contribution in [0.25, 0.3) is 10.9 Å². The highest BCUT2D eigenvalue weighted by Crippen LogP contribution is 2.19. The largest absolute Gasteiger partial charge is 0.352 e. The smallest absolute Gasteiger partial charge is 0.240 e. The maximum atomic E-state index is 12.2. The molecule has 20 heavy (non-hydrogen) atoms. The van der Waals surface area contributed by atoms with Crippen LogP contribution in [0.1, 0.15) is 37.7 Å². The van der Waals surface area contributed by atoms with E-state index < -0.39 is 0 Å². The quantitative estimate of drug-likeness (QED) is 0.911. The molecular weight excluding hydrogens is 248 g/mol. The summed E-state index contributed by atoms with van der Waals surface area (Å²) in [6.45, 7) is 2.50. The number of fused-ring (bicyclic) bond motifs is 1. The molecule has 1 aromatic carbocycles. The first kappa shape index (κ1) is 13.2. The summed E-state index contributed by atoms with van der Waals surface area (Å²) in [5.41, 5.74) is 2.37. The van der Waals surface area contributed by atoms with Crippen molar-refractivity contribution in [3.63, 3.8) is 0 Å². The lowest BCUT2D eigenvalue weighted by atomic mass is 9.95. The molecule has 0 bridgehead atoms. The van der Waals surface area contributed by atoms with Crippen LogP contribution in [0.5, 0.6) is 0 Å². The fraction of sp³-hybridized carbons (Fsp3) is 0.471. The Kier molecular flexibility index (Phi) is 3.77. The van der Waals surface area contributed by atoms with Gasteiger partial charge in [-0.05, 0) is 42.8 Å². The summed E-state index contributed by atoms with van der Waals surface area (Å²) in [4.78, 5) is 12.2. The minimum Gasteiger partial charge on any atom is -0.352 e. The zero-order valence-electron chi connectivity index (χ0n) is 12.1. The molecule has 1 aromatic heterocycles. The third kappa shape index (κ3) is 2.87. The van der Waals surface area contributed by atoms with E-state index in [1.165, 1.54) is 30.2 Å². The van der Waals surface area contributed by atoms with E-state index in [4.69, 9.17) is 0 Å². The molecule has 2 aromatic rings. The summed E-state index contributed by atoms with van der Waals surface area (Å²) >= 11 is 0. The van der Waals surface area contributed by atoms with E-state index in [1.807, 2.05) is 10.8 Å². The van der Waals surface area contributed by atoms with Crippen molar-refractivity contribution in [1.29, 1.82) is 0 Å². The molecule has 1 fully saturated rings. The molecule has 1 aliphatic carbocycles. The van der Waals surface area contributed by atoms with Gasteiger partial charge in [-0.2, -0.15) is 0 Å². The summed E-state index contributed by atoms with van der Waals surface area (Å²) in [5, 5.41) is 4.37. The van der Waals surface area contributed by atoms with Crippen LogP contribution in [0.3, 0.4) is 0 Å². The van der Waals surface area contributed by atoms with Gasteiger partial charge >= 0.3 is 0 Å². The second kappa shape index (κ2) is 5.70. The van der Waals surface area contributed by atoms with Crippen LogP contribution in [-0.4, -0.2) is 16.5 Å². The Balaban J connectivity index is 1.69. The number of carbonyl (C=O) groups excluding carboxylic acids is 1. The number of carbonyl (C=O) groups is 1. The van der Waals surface area contributed by atoms with Crippen LogP contribution in [0.15, 0.2) is 30.5 Å². The molecule has 0 saturated heterocycles. The molecule has 3 nitrogen and oxygen atoms in total. The van der Waals surface area contributed by atoms with E-state index in [1.54, 1.807) is 0 Å². The van der Waals surface area contributed by atoms with Gasteiger partial charge in [0.2, 0.25) is 5.91 Å². The molecule has 3 heteroatoms. The van der Waals surface area contributed by atoms with Crippen LogP contribution in [0, 0.1) is 6.92 Å². The maximum absolute atomic E-state index is 12.2. The first-order valence-corrected chi connectivity index (χ1v) is 7.57. The topological polar surface area (TPSA) is 34.0 Å². The average molecular weight is 270 g/mol. The number of hydrogen-bond donors (Lipinski definition) is 1. The lowest BCUT2D eigenvalue weighted by Crippen LogP contribution is -2.38. The summed E-state index contributed by atoms with van der Waals surface area (Å²) in [6, 6.07) is 8.82. The van der Waals surface area contributed by atoms with E-state index in [9.17, 15) is 4.79 Å². The van der Waals surface area contributed by atoms with Crippen molar-refractivity contribution >= 4 is 16.8 Å². The van der Waals surface area contributed by atoms with Crippen molar-refractivity contribution in [2.45, 2.75) is 51.6 Å². The van der Waals surface area contributed by atoms with Gasteiger partial charge in [0, 0.05) is 17.8 Å². The fourth-order valence-corrected chi connectivity index (χ4v) is 3.11. The van der Waals surface area contributed by atoms with Gasteiger partial charge in [-0.1, -0.05) is 31.4 Å². The Labute approximate surface area is 120 Å². The van der Waals surface area contributed by atoms with Crippen LogP contribution in [0.2, 0.25) is 0 Å². The summed E-state index contributed by atoms with van der Waals surface area (Å²) in [5.74, 6) is 0.135. The van der Waals surface area contributed by atoms with Gasteiger partial charge in [0.25, 0.3) is 0 Å². The summed E-state index contributed by atoms with van der Waals surface area (Å²) in [7, 11) is 0. The van der Waals surface area contributed by atoms with Crippen molar-refractivity contribution in [3.8, 4) is 0 Å². The molecule has 0 unspecified atom stereocenters. The van der Waals surface area contributed by atoms with Crippen LogP contribution in [0.4, 0.5) is 0 Å². The molecule has 3 rings (SSSR count). The molecule has 0 atom stereocenters. The van der Waals surface area contributed by atoms with Gasteiger partial charge in [0.05, 0.1) is 0 Å². The van der Waals surface area contributed by atoms with Gasteiger partial charge < -0.3 is 9.88 Å². The highest BCUT2D eigenvalue weighted by molar-refractivity contribution is 5.83. The van der Waals surface area contributed by atoms with Gasteiger partial charge in [-0.15, -0.1) is 0 Å². The van der Waals surface area contributed by atoms with Crippen LogP contribution < -0.4 is 5.32 Å². The number of amides is 1. The lowest BCUT2D eigenvalue weighted by Gasteiger charge is -2.22. The first-order chi connectivity index (χ1) is 9.72. The van der Waals surface area contributed by atoms with Gasteiger partial charge in [0.1, 0.15) is 6.54 Å². The van der Waals surface area contributed by atoms with Gasteiger partial charge in [-0.25, -0.2) is 0 Å². The fourth-order valence-electron chi connectivity index (χ4n) is 3.11. The molecule has 0 aliphatic heterocycles. The zero-order valence-corrected chi connectivity index (χ0v) is 12.1. The van der Waals surface area contributed by atoms with E-state index in [0.717, 1.165) is 18.4 Å². The minimum absolute atomic E-state index is 0.135. The first-order valence-electron chi connectivity index (χ1n) is 7.57. The Hall–Kier alpha value is -1.77. The van der Waals surface area contributed by atoms with E-state index in [2.05, 4.69) is 36.5 Å². The normalized spacial score (nSPS) is 16.4. The number of benzene rings is 1. The van der Waals surface area contributed by atoms with E-state index in [-0.39, 0.29) is 5.91 Å². The number of hydrogen-bond acceptors (Lipinski definition) is 1. The van der Waals surface area contributed by atoms with E-state index >= 15 is 0 Å². The number of aryl methyl sites for hydroxylation is 1. The number of nitrogens with one attached hydrogen (secondary N) is 1. The SMILES string of the molecule is Cc1ccc2ccn(CC(=O)NC3CCCCC3)c2c1. The standard InChI is InChI=1S/C17H22N2O/c1-13-7-8-14-9-10-19(16(14)11-13)12-17(20)18-15-5-3-2-4-6-15/h7-11,15H,2-6,12H2,1H3,(H,18,20). The van der Waals surface area contributed by atoms with Crippen molar-refractivity contribution in [3.05, 3.63) is 36.0 Å². The van der Waals surface area contributed by atoms with Crippen molar-refractivity contribution in [2.24, 2.45) is 0 Å². The number of nitrogens with zero attached hydrogens (tertiary/aromatic N) is 1. The van der Waals surface area contributed by atoms with Crippen LogP contribution in [-0.2, 0) is 11.3 Å². The Bertz CT molecular complexity index is 608. The molecule has 1 heterocycles. The third-order valence-electron chi connectivity index (χ3n) is 4.21. The highest BCUT2D eigenvalue weighted by atomic mass is 16.2. The van der Waals surface area contributed by atoms with Crippen molar-refractivity contribution in [2.75, 3.05) is 0 Å². The third-order valence-corrected chi connectivity index (χ3v) is 4.21. The second-order valence-corrected chi connectivity index (χ2v) is 5.91. The average Bonchev–Trinajstić information content (AvgIpc) is 2.82. The number of aromatic nitrogens is 1. The molecule has 1 saturated carbocycles. The van der Waals surface area contributed by atoms with Gasteiger partial charge in [-0.3, -0.25) is 4.79 Å². The molecule has 1 amide bonds. The van der Waals surface area contributed by atoms with E-state index in [0.29, 0.717) is 12.6 Å². The predicted molar refractivity (Wildman–Crippen MR) is 81.7 cm³/mol. The van der Waals surface area contributed by atoms with Crippen molar-refractivity contribution in [1.82, 2.24) is 9.88 Å². The molecule has 0 spiro atoms. The predicted octanol–water partition coefficient (Wildman–Crippen LogP) is 3.40. The number of rotatable bonds is 3. The molecular formula is C17H22N2O. The molecule has 106 valence electrons. The Morgan fingerprint density at radius 3 is 2.85 bits per heavy atom. The highest BCUT2D eigenvalue weighted by Gasteiger charge is 2.16. The Morgan fingerprint density at radius 2 is 2.05 bits per heavy atom. The minimum atomic E-state index is 0.135. The monoisotopic (exact) mass is 270 g/mol. The maximum Gasteiger partial charge on any atom is 0.240 e.